The van der Waals surface area contributed by atoms with E-state index in [-0.39, 0.29) is 11.8 Å². The summed E-state index contributed by atoms with van der Waals surface area (Å²) in [4.78, 5) is 22.3. The van der Waals surface area contributed by atoms with Gasteiger partial charge in [-0.1, -0.05) is 58.2 Å². The number of halogens is 3. The van der Waals surface area contributed by atoms with E-state index in [1.54, 1.807) is 54.7 Å². The maximum atomic E-state index is 12.7. The number of anilines is 2. The Hall–Kier alpha value is -2.93. The Bertz CT molecular complexity index is 1210. The fourth-order valence-corrected chi connectivity index (χ4v) is 3.85. The normalized spacial score (nSPS) is 10.8. The van der Waals surface area contributed by atoms with Gasteiger partial charge in [-0.25, -0.2) is 14.9 Å². The van der Waals surface area contributed by atoms with Gasteiger partial charge in [-0.2, -0.15) is 0 Å². The molecule has 0 aliphatic heterocycles. The number of carbonyl (C=O) groups is 1. The second kappa shape index (κ2) is 8.44. The molecule has 30 heavy (non-hydrogen) atoms. The van der Waals surface area contributed by atoms with Gasteiger partial charge in [0.2, 0.25) is 11.8 Å². The molecule has 0 aliphatic rings. The summed E-state index contributed by atoms with van der Waals surface area (Å²) >= 11 is 19.2. The third kappa shape index (κ3) is 3.65. The largest absolute Gasteiger partial charge is 0.336 e. The minimum atomic E-state index is -0.327. The van der Waals surface area contributed by atoms with E-state index in [1.807, 2.05) is 0 Å². The van der Waals surface area contributed by atoms with E-state index in [2.05, 4.69) is 15.1 Å². The van der Waals surface area contributed by atoms with Crippen molar-refractivity contribution in [3.63, 3.8) is 0 Å². The summed E-state index contributed by atoms with van der Waals surface area (Å²) in [5.41, 5.74) is 2.16. The van der Waals surface area contributed by atoms with E-state index in [1.165, 1.54) is 18.2 Å². The number of rotatable bonds is 4. The van der Waals surface area contributed by atoms with Crippen molar-refractivity contribution in [1.29, 1.82) is 0 Å². The third-order valence-corrected chi connectivity index (χ3v) is 5.27. The van der Waals surface area contributed by atoms with Crippen molar-refractivity contribution in [1.82, 2.24) is 15.1 Å². The van der Waals surface area contributed by atoms with Crippen LogP contribution in [-0.4, -0.2) is 21.0 Å². The Morgan fingerprint density at radius 2 is 1.63 bits per heavy atom. The summed E-state index contributed by atoms with van der Waals surface area (Å²) in [5, 5.41) is 5.33. The zero-order valence-electron chi connectivity index (χ0n) is 15.5. The van der Waals surface area contributed by atoms with Gasteiger partial charge in [0.15, 0.2) is 0 Å². The van der Waals surface area contributed by atoms with Crippen LogP contribution < -0.4 is 4.90 Å². The molecule has 0 saturated carbocycles. The van der Waals surface area contributed by atoms with E-state index in [9.17, 15) is 4.79 Å². The molecule has 0 atom stereocenters. The Kier molecular flexibility index (Phi) is 5.72. The first kappa shape index (κ1) is 20.3. The number of hydrogen-bond donors (Lipinski definition) is 0. The monoisotopic (exact) mass is 458 g/mol. The molecular weight excluding hydrogens is 447 g/mol. The van der Waals surface area contributed by atoms with Crippen LogP contribution in [0.15, 0.2) is 65.6 Å². The molecule has 0 bridgehead atoms. The van der Waals surface area contributed by atoms with Crippen LogP contribution in [0, 0.1) is 0 Å². The fraction of sp³-hybridized carbons (Fsp3) is 0.0476. The average molecular weight is 460 g/mol. The van der Waals surface area contributed by atoms with E-state index in [4.69, 9.17) is 39.3 Å². The molecule has 0 aliphatic carbocycles. The number of hydrogen-bond acceptors (Lipinski definition) is 5. The zero-order chi connectivity index (χ0) is 21.3. The molecule has 9 heteroatoms. The minimum Gasteiger partial charge on any atom is -0.336 e. The van der Waals surface area contributed by atoms with Gasteiger partial charge in [0.1, 0.15) is 12.0 Å². The van der Waals surface area contributed by atoms with Gasteiger partial charge in [0.25, 0.3) is 0 Å². The van der Waals surface area contributed by atoms with Crippen molar-refractivity contribution in [2.45, 2.75) is 6.92 Å². The van der Waals surface area contributed by atoms with E-state index in [0.717, 1.165) is 0 Å². The topological polar surface area (TPSA) is 72.1 Å². The molecule has 4 rings (SSSR count). The van der Waals surface area contributed by atoms with Crippen molar-refractivity contribution in [2.75, 3.05) is 4.90 Å². The highest BCUT2D eigenvalue weighted by Crippen LogP contribution is 2.46. The highest BCUT2D eigenvalue weighted by Gasteiger charge is 2.30. The van der Waals surface area contributed by atoms with Gasteiger partial charge in [-0.05, 0) is 30.3 Å². The Morgan fingerprint density at radius 3 is 2.27 bits per heavy atom. The number of aromatic nitrogens is 3. The molecule has 0 fully saturated rings. The van der Waals surface area contributed by atoms with Crippen LogP contribution in [-0.2, 0) is 4.79 Å². The molecule has 2 heterocycles. The Labute approximate surface area is 187 Å². The zero-order valence-corrected chi connectivity index (χ0v) is 17.8. The molecule has 0 spiro atoms. The van der Waals surface area contributed by atoms with E-state index >= 15 is 0 Å². The smallest absolute Gasteiger partial charge is 0.248 e. The summed E-state index contributed by atoms with van der Waals surface area (Å²) in [5.74, 6) is -0.188. The molecule has 0 saturated heterocycles. The standard InChI is InChI=1S/C21H13Cl3N4O2/c1-12(29)28(17-8-3-2-5-13(17)22)21-19(16-9-10-25-11-26-16)20(27-30-21)18-14(23)6-4-7-15(18)24/h2-11H,1H3. The molecule has 2 aromatic carbocycles. The number of benzene rings is 2. The highest BCUT2D eigenvalue weighted by atomic mass is 35.5. The highest BCUT2D eigenvalue weighted by molar-refractivity contribution is 6.39. The first-order chi connectivity index (χ1) is 14.5. The van der Waals surface area contributed by atoms with Crippen molar-refractivity contribution in [2.24, 2.45) is 0 Å². The number of amides is 1. The second-order valence-corrected chi connectivity index (χ2v) is 7.43. The van der Waals surface area contributed by atoms with Crippen LogP contribution in [0.25, 0.3) is 22.5 Å². The van der Waals surface area contributed by atoms with Gasteiger partial charge in [0.05, 0.1) is 32.0 Å². The maximum Gasteiger partial charge on any atom is 0.248 e. The lowest BCUT2D eigenvalue weighted by molar-refractivity contribution is -0.116. The molecular formula is C21H13Cl3N4O2. The summed E-state index contributed by atoms with van der Waals surface area (Å²) in [6.07, 6.45) is 2.96. The quantitative estimate of drug-likeness (QED) is 0.351. The van der Waals surface area contributed by atoms with Gasteiger partial charge in [-0.15, -0.1) is 0 Å². The lowest BCUT2D eigenvalue weighted by atomic mass is 10.0. The summed E-state index contributed by atoms with van der Waals surface area (Å²) in [7, 11) is 0. The Balaban J connectivity index is 2.03. The molecule has 0 N–H and O–H groups in total. The first-order valence-electron chi connectivity index (χ1n) is 8.74. The van der Waals surface area contributed by atoms with Crippen molar-refractivity contribution in [3.8, 4) is 22.5 Å². The fourth-order valence-electron chi connectivity index (χ4n) is 3.05. The Morgan fingerprint density at radius 1 is 0.933 bits per heavy atom. The number of para-hydroxylation sites is 1. The van der Waals surface area contributed by atoms with Crippen molar-refractivity contribution in [3.05, 3.63) is 76.1 Å². The summed E-state index contributed by atoms with van der Waals surface area (Å²) in [6.45, 7) is 1.40. The van der Waals surface area contributed by atoms with E-state index < -0.39 is 0 Å². The lowest BCUT2D eigenvalue weighted by Gasteiger charge is -2.20. The molecule has 4 aromatic rings. The van der Waals surface area contributed by atoms with Crippen LogP contribution >= 0.6 is 34.8 Å². The van der Waals surface area contributed by atoms with Crippen molar-refractivity contribution >= 4 is 52.3 Å². The maximum absolute atomic E-state index is 12.7. The van der Waals surface area contributed by atoms with Gasteiger partial charge in [0, 0.05) is 18.7 Å². The molecule has 1 amide bonds. The minimum absolute atomic E-state index is 0.139. The van der Waals surface area contributed by atoms with Crippen LogP contribution in [0.3, 0.4) is 0 Å². The molecule has 0 radical (unpaired) electrons. The predicted molar refractivity (Wildman–Crippen MR) is 117 cm³/mol. The van der Waals surface area contributed by atoms with Crippen molar-refractivity contribution < 1.29 is 9.32 Å². The van der Waals surface area contributed by atoms with Gasteiger partial charge in [-0.3, -0.25) is 4.79 Å². The summed E-state index contributed by atoms with van der Waals surface area (Å²) < 4.78 is 5.67. The van der Waals surface area contributed by atoms with Gasteiger partial charge >= 0.3 is 0 Å². The van der Waals surface area contributed by atoms with Crippen LogP contribution in [0.2, 0.25) is 15.1 Å². The van der Waals surface area contributed by atoms with Crippen LogP contribution in [0.4, 0.5) is 11.6 Å². The van der Waals surface area contributed by atoms with Crippen LogP contribution in [0.1, 0.15) is 6.92 Å². The van der Waals surface area contributed by atoms with Gasteiger partial charge < -0.3 is 4.52 Å². The lowest BCUT2D eigenvalue weighted by Crippen LogP contribution is -2.23. The molecule has 150 valence electrons. The number of nitrogens with zero attached hydrogens (tertiary/aromatic N) is 4. The van der Waals surface area contributed by atoms with Crippen LogP contribution in [0.5, 0.6) is 0 Å². The molecule has 2 aromatic heterocycles. The predicted octanol–water partition coefficient (Wildman–Crippen LogP) is 6.44. The number of carbonyl (C=O) groups excluding carboxylic acids is 1. The second-order valence-electron chi connectivity index (χ2n) is 6.21. The third-order valence-electron chi connectivity index (χ3n) is 4.32. The SMILES string of the molecule is CC(=O)N(c1ccccc1Cl)c1onc(-c2c(Cl)cccc2Cl)c1-c1ccncn1. The molecule has 0 unspecified atom stereocenters. The average Bonchev–Trinajstić information content (AvgIpc) is 3.14. The summed E-state index contributed by atoms with van der Waals surface area (Å²) in [6, 6.07) is 13.7. The molecule has 6 nitrogen and oxygen atoms in total. The first-order valence-corrected chi connectivity index (χ1v) is 9.88. The van der Waals surface area contributed by atoms with E-state index in [0.29, 0.717) is 43.3 Å².